The van der Waals surface area contributed by atoms with E-state index in [4.69, 9.17) is 0 Å². The molecule has 258 valence electrons. The molecule has 0 fully saturated rings. The molecule has 0 aliphatic heterocycles. The van der Waals surface area contributed by atoms with E-state index in [1.807, 2.05) is 0 Å². The van der Waals surface area contributed by atoms with Crippen molar-refractivity contribution in [2.45, 2.75) is 231 Å². The topological polar surface area (TPSA) is 89.8 Å². The predicted molar refractivity (Wildman–Crippen MR) is 186 cm³/mol. The summed E-state index contributed by atoms with van der Waals surface area (Å²) in [5, 5.41) is 33.4. The van der Waals surface area contributed by atoms with Gasteiger partial charge in [0.2, 0.25) is 5.91 Å². The van der Waals surface area contributed by atoms with E-state index < -0.39 is 18.2 Å². The van der Waals surface area contributed by atoms with Crippen LogP contribution >= 0.6 is 0 Å². The van der Waals surface area contributed by atoms with Crippen LogP contribution in [-0.2, 0) is 4.79 Å². The lowest BCUT2D eigenvalue weighted by Gasteiger charge is -2.26. The Bertz CT molecular complexity index is 558. The number of rotatable bonds is 35. The zero-order valence-corrected chi connectivity index (χ0v) is 29.1. The second-order valence-electron chi connectivity index (χ2n) is 13.5. The van der Waals surface area contributed by atoms with E-state index in [1.165, 1.54) is 154 Å². The molecular weight excluding hydrogens is 534 g/mol. The highest BCUT2D eigenvalue weighted by Gasteiger charge is 2.26. The monoisotopic (exact) mass is 612 g/mol. The Balaban J connectivity index is 3.64. The number of aliphatic hydroxyl groups is 3. The second-order valence-corrected chi connectivity index (χ2v) is 13.5. The molecule has 1 unspecified atom stereocenters. The summed E-state index contributed by atoms with van der Waals surface area (Å²) < 4.78 is 0. The van der Waals surface area contributed by atoms with Crippen molar-refractivity contribution in [3.63, 3.8) is 0 Å². The third-order valence-corrected chi connectivity index (χ3v) is 9.21. The van der Waals surface area contributed by atoms with Crippen molar-refractivity contribution in [1.29, 1.82) is 0 Å². The number of hydrogen-bond acceptors (Lipinski definition) is 4. The lowest BCUT2D eigenvalue weighted by Crippen LogP contribution is -2.50. The fourth-order valence-corrected chi connectivity index (χ4v) is 6.16. The van der Waals surface area contributed by atoms with Crippen LogP contribution in [0.3, 0.4) is 0 Å². The smallest absolute Gasteiger partial charge is 0.220 e. The van der Waals surface area contributed by atoms with Crippen LogP contribution in [-0.4, -0.2) is 46.1 Å². The number of carbonyl (C=O) groups is 1. The highest BCUT2D eigenvalue weighted by atomic mass is 16.3. The summed E-state index contributed by atoms with van der Waals surface area (Å²) in [7, 11) is 0. The fourth-order valence-electron chi connectivity index (χ4n) is 6.16. The molecule has 43 heavy (non-hydrogen) atoms. The van der Waals surface area contributed by atoms with E-state index in [2.05, 4.69) is 19.2 Å². The van der Waals surface area contributed by atoms with Gasteiger partial charge in [0.05, 0.1) is 18.8 Å². The molecule has 0 saturated carbocycles. The van der Waals surface area contributed by atoms with E-state index in [0.29, 0.717) is 12.8 Å². The quantitative estimate of drug-likeness (QED) is 0.0537. The molecule has 0 aromatic heterocycles. The van der Waals surface area contributed by atoms with Crippen LogP contribution in [0.5, 0.6) is 0 Å². The Morgan fingerprint density at radius 2 is 0.791 bits per heavy atom. The summed E-state index contributed by atoms with van der Waals surface area (Å²) in [6.45, 7) is 4.18. The number of aliphatic hydroxyl groups excluding tert-OH is 3. The van der Waals surface area contributed by atoms with Gasteiger partial charge in [-0.05, 0) is 12.8 Å². The highest BCUT2D eigenvalue weighted by molar-refractivity contribution is 5.76. The van der Waals surface area contributed by atoms with E-state index >= 15 is 0 Å². The minimum atomic E-state index is -1.13. The molecule has 0 radical (unpaired) electrons. The standard InChI is InChI=1S/C38H77NO4/c1-3-5-7-9-11-13-15-17-19-21-23-25-27-29-31-33-37(42)39-35(34-40)38(43)36(41)32-30-28-26-24-22-20-18-16-14-12-10-8-6-4-2/h35-36,38,40-41,43H,3-34H2,1-2H3,(H,39,42)/t35-,36?,38+/m1/s1. The van der Waals surface area contributed by atoms with Gasteiger partial charge in [-0.1, -0.05) is 194 Å². The summed E-state index contributed by atoms with van der Waals surface area (Å²) >= 11 is 0. The third kappa shape index (κ3) is 29.8. The molecule has 1 amide bonds. The van der Waals surface area contributed by atoms with Crippen molar-refractivity contribution in [1.82, 2.24) is 5.32 Å². The first-order valence-corrected chi connectivity index (χ1v) is 19.3. The van der Waals surface area contributed by atoms with E-state index in [0.717, 1.165) is 32.1 Å². The molecular formula is C38H77NO4. The lowest BCUT2D eigenvalue weighted by atomic mass is 9.99. The molecule has 0 heterocycles. The van der Waals surface area contributed by atoms with Gasteiger partial charge in [-0.3, -0.25) is 4.79 Å². The molecule has 4 N–H and O–H groups in total. The normalized spacial score (nSPS) is 13.7. The number of amides is 1. The fraction of sp³-hybridized carbons (Fsp3) is 0.974. The first-order valence-electron chi connectivity index (χ1n) is 19.3. The summed E-state index contributed by atoms with van der Waals surface area (Å²) in [4.78, 5) is 12.4. The average molecular weight is 612 g/mol. The van der Waals surface area contributed by atoms with Crippen molar-refractivity contribution in [3.8, 4) is 0 Å². The summed E-state index contributed by atoms with van der Waals surface area (Å²) in [5.74, 6) is -0.142. The Hall–Kier alpha value is -0.650. The maximum absolute atomic E-state index is 12.4. The van der Waals surface area contributed by atoms with Gasteiger partial charge in [0.1, 0.15) is 6.10 Å². The van der Waals surface area contributed by atoms with Gasteiger partial charge in [-0.2, -0.15) is 0 Å². The van der Waals surface area contributed by atoms with Gasteiger partial charge in [-0.25, -0.2) is 0 Å². The van der Waals surface area contributed by atoms with Crippen molar-refractivity contribution >= 4 is 5.91 Å². The van der Waals surface area contributed by atoms with Gasteiger partial charge in [-0.15, -0.1) is 0 Å². The number of hydrogen-bond donors (Lipinski definition) is 4. The van der Waals surface area contributed by atoms with Crippen LogP contribution < -0.4 is 5.32 Å². The molecule has 0 saturated heterocycles. The van der Waals surface area contributed by atoms with Crippen LogP contribution in [0, 0.1) is 0 Å². The first-order chi connectivity index (χ1) is 21.1. The van der Waals surface area contributed by atoms with E-state index in [-0.39, 0.29) is 12.5 Å². The molecule has 0 aromatic rings. The molecule has 0 aliphatic carbocycles. The van der Waals surface area contributed by atoms with Gasteiger partial charge in [0.15, 0.2) is 0 Å². The maximum atomic E-state index is 12.4. The molecule has 0 rings (SSSR count). The summed E-state index contributed by atoms with van der Waals surface area (Å²) in [5.41, 5.74) is 0. The minimum absolute atomic E-state index is 0.142. The van der Waals surface area contributed by atoms with Crippen molar-refractivity contribution < 1.29 is 20.1 Å². The lowest BCUT2D eigenvalue weighted by molar-refractivity contribution is -0.124. The number of nitrogens with one attached hydrogen (secondary N) is 1. The zero-order valence-electron chi connectivity index (χ0n) is 29.1. The number of unbranched alkanes of at least 4 members (excludes halogenated alkanes) is 27. The largest absolute Gasteiger partial charge is 0.394 e. The first kappa shape index (κ1) is 42.3. The van der Waals surface area contributed by atoms with Crippen LogP contribution in [0.15, 0.2) is 0 Å². The van der Waals surface area contributed by atoms with E-state index in [1.54, 1.807) is 0 Å². The van der Waals surface area contributed by atoms with Crippen LogP contribution in [0.4, 0.5) is 0 Å². The van der Waals surface area contributed by atoms with Crippen LogP contribution in [0.2, 0.25) is 0 Å². The Labute approximate surface area is 268 Å². The minimum Gasteiger partial charge on any atom is -0.394 e. The average Bonchev–Trinajstić information content (AvgIpc) is 3.01. The Kier molecular flexibility index (Phi) is 33.7. The molecule has 0 bridgehead atoms. The Morgan fingerprint density at radius 3 is 1.12 bits per heavy atom. The zero-order chi connectivity index (χ0) is 31.6. The molecule has 3 atom stereocenters. The molecule has 0 aromatic carbocycles. The Morgan fingerprint density at radius 1 is 0.488 bits per heavy atom. The molecule has 0 aliphatic rings. The third-order valence-electron chi connectivity index (χ3n) is 9.21. The van der Waals surface area contributed by atoms with Crippen molar-refractivity contribution in [2.75, 3.05) is 6.61 Å². The van der Waals surface area contributed by atoms with Gasteiger partial charge >= 0.3 is 0 Å². The molecule has 5 heteroatoms. The van der Waals surface area contributed by atoms with Crippen molar-refractivity contribution in [3.05, 3.63) is 0 Å². The maximum Gasteiger partial charge on any atom is 0.220 e. The van der Waals surface area contributed by atoms with E-state index in [9.17, 15) is 20.1 Å². The van der Waals surface area contributed by atoms with Crippen LogP contribution in [0.25, 0.3) is 0 Å². The SMILES string of the molecule is CCCCCCCCCCCCCCCCCC(=O)N[C@H](CO)[C@H](O)C(O)CCCCCCCCCCCCCCCC. The van der Waals surface area contributed by atoms with Crippen molar-refractivity contribution in [2.24, 2.45) is 0 Å². The molecule has 5 nitrogen and oxygen atoms in total. The van der Waals surface area contributed by atoms with Gasteiger partial charge in [0, 0.05) is 6.42 Å². The van der Waals surface area contributed by atoms with Gasteiger partial charge < -0.3 is 20.6 Å². The highest BCUT2D eigenvalue weighted by Crippen LogP contribution is 2.16. The number of carbonyl (C=O) groups excluding carboxylic acids is 1. The summed E-state index contributed by atoms with van der Waals surface area (Å²) in [6, 6.07) is -0.800. The van der Waals surface area contributed by atoms with Gasteiger partial charge in [0.25, 0.3) is 0 Å². The summed E-state index contributed by atoms with van der Waals surface area (Å²) in [6.07, 6.45) is 36.2. The van der Waals surface area contributed by atoms with Crippen LogP contribution in [0.1, 0.15) is 213 Å². The molecule has 0 spiro atoms. The second kappa shape index (κ2) is 34.2. The predicted octanol–water partition coefficient (Wildman–Crippen LogP) is 10.3.